The number of aromatic amines is 1. The second kappa shape index (κ2) is 7.85. The molecule has 0 atom stereocenters. The molecular formula is C23H19N3O5. The third kappa shape index (κ3) is 3.56. The van der Waals surface area contributed by atoms with Gasteiger partial charge in [-0.25, -0.2) is 9.48 Å². The van der Waals surface area contributed by atoms with Crippen molar-refractivity contribution in [3.05, 3.63) is 87.3 Å². The van der Waals surface area contributed by atoms with Gasteiger partial charge in [-0.3, -0.25) is 14.7 Å². The molecule has 8 heteroatoms. The summed E-state index contributed by atoms with van der Waals surface area (Å²) in [6, 6.07) is 13.3. The molecule has 31 heavy (non-hydrogen) atoms. The Kier molecular flexibility index (Phi) is 5.07. The second-order valence-electron chi connectivity index (χ2n) is 6.86. The molecule has 0 fully saturated rings. The van der Waals surface area contributed by atoms with Gasteiger partial charge >= 0.3 is 5.97 Å². The van der Waals surface area contributed by atoms with Crippen molar-refractivity contribution < 1.29 is 19.4 Å². The quantitative estimate of drug-likeness (QED) is 0.487. The van der Waals surface area contributed by atoms with E-state index >= 15 is 0 Å². The average Bonchev–Trinajstić information content (AvgIpc) is 3.29. The first-order valence-corrected chi connectivity index (χ1v) is 9.61. The largest absolute Gasteiger partial charge is 0.478 e. The van der Waals surface area contributed by atoms with Crippen LogP contribution in [0.2, 0.25) is 0 Å². The molecule has 1 aliphatic heterocycles. The average molecular weight is 417 g/mol. The summed E-state index contributed by atoms with van der Waals surface area (Å²) in [5.74, 6) is -0.268. The first-order chi connectivity index (χ1) is 14.9. The number of H-pyrrole nitrogens is 1. The molecule has 0 amide bonds. The van der Waals surface area contributed by atoms with Gasteiger partial charge < -0.3 is 14.7 Å². The summed E-state index contributed by atoms with van der Waals surface area (Å²) in [6.07, 6.45) is 1.43. The summed E-state index contributed by atoms with van der Waals surface area (Å²) in [4.78, 5) is 38.1. The molecule has 0 saturated carbocycles. The Hall–Kier alpha value is -4.29. The molecule has 0 saturated heterocycles. The molecule has 0 aliphatic carbocycles. The van der Waals surface area contributed by atoms with Crippen LogP contribution in [0.25, 0.3) is 11.8 Å². The van der Waals surface area contributed by atoms with E-state index in [1.54, 1.807) is 0 Å². The number of hydrogen-bond acceptors (Lipinski definition) is 5. The van der Waals surface area contributed by atoms with Crippen molar-refractivity contribution in [2.45, 2.75) is 13.8 Å². The van der Waals surface area contributed by atoms with Gasteiger partial charge in [0.2, 0.25) is 5.88 Å². The standard InChI is InChI=1S/C23H19N3O5/c1-3-25-18-6-4-5-7-19(18)31-20(25)13-12-17-21(14(2)27)24-26(22(17)28)16-10-8-15(9-11-16)23(29)30/h4-12,24H,3H2,1-2H3,(H,29,30). The Balaban J connectivity index is 1.79. The van der Waals surface area contributed by atoms with Crippen molar-refractivity contribution >= 4 is 23.5 Å². The predicted octanol–water partition coefficient (Wildman–Crippen LogP) is 3.44. The van der Waals surface area contributed by atoms with E-state index in [0.29, 0.717) is 23.9 Å². The van der Waals surface area contributed by atoms with Crippen molar-refractivity contribution in [2.75, 3.05) is 11.4 Å². The topological polar surface area (TPSA) is 105 Å². The molecule has 4 rings (SSSR count). The Morgan fingerprint density at radius 1 is 1.16 bits per heavy atom. The molecule has 2 N–H and O–H groups in total. The number of ketones is 1. The summed E-state index contributed by atoms with van der Waals surface area (Å²) < 4.78 is 7.04. The van der Waals surface area contributed by atoms with E-state index in [2.05, 4.69) is 10.8 Å². The minimum atomic E-state index is -1.07. The maximum Gasteiger partial charge on any atom is 0.335 e. The van der Waals surface area contributed by atoms with Crippen LogP contribution in [-0.2, 0) is 0 Å². The highest BCUT2D eigenvalue weighted by Crippen LogP contribution is 2.37. The van der Waals surface area contributed by atoms with Gasteiger partial charge in [-0.05, 0) is 43.3 Å². The van der Waals surface area contributed by atoms with E-state index < -0.39 is 11.5 Å². The van der Waals surface area contributed by atoms with Crippen molar-refractivity contribution in [1.82, 2.24) is 9.78 Å². The summed E-state index contributed by atoms with van der Waals surface area (Å²) >= 11 is 0. The highest BCUT2D eigenvalue weighted by atomic mass is 16.5. The maximum atomic E-state index is 13.0. The molecule has 1 aliphatic rings. The zero-order chi connectivity index (χ0) is 22.1. The molecule has 3 aromatic rings. The van der Waals surface area contributed by atoms with Gasteiger partial charge in [-0.1, -0.05) is 17.9 Å². The second-order valence-corrected chi connectivity index (χ2v) is 6.86. The molecule has 0 unspecified atom stereocenters. The number of Topliss-reactive ketones (excluding diaryl/α,β-unsaturated/α-hetero) is 1. The van der Waals surface area contributed by atoms with Gasteiger partial charge in [-0.2, -0.15) is 0 Å². The van der Waals surface area contributed by atoms with Crippen LogP contribution in [0.15, 0.2) is 64.9 Å². The lowest BCUT2D eigenvalue weighted by Gasteiger charge is -2.13. The number of hydrogen-bond donors (Lipinski definition) is 2. The number of para-hydroxylation sites is 2. The number of aromatic nitrogens is 2. The summed E-state index contributed by atoms with van der Waals surface area (Å²) in [5, 5.41) is 11.9. The van der Waals surface area contributed by atoms with E-state index in [9.17, 15) is 14.4 Å². The van der Waals surface area contributed by atoms with Crippen molar-refractivity contribution in [2.24, 2.45) is 0 Å². The van der Waals surface area contributed by atoms with Gasteiger partial charge in [-0.15, -0.1) is 0 Å². The zero-order valence-corrected chi connectivity index (χ0v) is 16.9. The Bertz CT molecular complexity index is 1310. The highest BCUT2D eigenvalue weighted by molar-refractivity contribution is 5.95. The molecule has 8 nitrogen and oxygen atoms in total. The number of aromatic carboxylic acids is 1. The van der Waals surface area contributed by atoms with Crippen molar-refractivity contribution in [3.8, 4) is 11.4 Å². The van der Waals surface area contributed by atoms with E-state index in [4.69, 9.17) is 9.84 Å². The number of benzene rings is 2. The van der Waals surface area contributed by atoms with Crippen LogP contribution in [0.3, 0.4) is 0 Å². The SMILES string of the molecule is CCN1C(=C=Cc2c(C(C)=O)[nH]n(-c3ccc(C(=O)O)cc3)c2=O)Oc2ccccc21. The third-order valence-electron chi connectivity index (χ3n) is 4.92. The lowest BCUT2D eigenvalue weighted by atomic mass is 10.2. The van der Waals surface area contributed by atoms with E-state index in [1.165, 1.54) is 41.9 Å². The van der Waals surface area contributed by atoms with Crippen molar-refractivity contribution in [1.29, 1.82) is 0 Å². The van der Waals surface area contributed by atoms with Crippen molar-refractivity contribution in [3.63, 3.8) is 0 Å². The van der Waals surface area contributed by atoms with Crippen LogP contribution in [0, 0.1) is 0 Å². The van der Waals surface area contributed by atoms with Gasteiger partial charge in [0.15, 0.2) is 11.5 Å². The number of nitrogens with zero attached hydrogens (tertiary/aromatic N) is 2. The number of ether oxygens (including phenoxy) is 1. The van der Waals surface area contributed by atoms with Gasteiger partial charge in [0.25, 0.3) is 5.56 Å². The number of nitrogens with one attached hydrogen (secondary N) is 1. The number of rotatable bonds is 5. The number of carboxylic acids is 1. The fourth-order valence-corrected chi connectivity index (χ4v) is 3.38. The molecule has 156 valence electrons. The molecular weight excluding hydrogens is 398 g/mol. The van der Waals surface area contributed by atoms with E-state index in [0.717, 1.165) is 5.69 Å². The fourth-order valence-electron chi connectivity index (χ4n) is 3.38. The van der Waals surface area contributed by atoms with Gasteiger partial charge in [0.1, 0.15) is 5.69 Å². The molecule has 2 aromatic carbocycles. The van der Waals surface area contributed by atoms with Crippen LogP contribution in [0.1, 0.15) is 40.3 Å². The lowest BCUT2D eigenvalue weighted by molar-refractivity contribution is 0.0696. The number of anilines is 1. The normalized spacial score (nSPS) is 12.2. The fraction of sp³-hybridized carbons (Fsp3) is 0.130. The molecule has 2 heterocycles. The summed E-state index contributed by atoms with van der Waals surface area (Å²) in [7, 11) is 0. The minimum absolute atomic E-state index is 0.0950. The van der Waals surface area contributed by atoms with E-state index in [-0.39, 0.29) is 22.6 Å². The van der Waals surface area contributed by atoms with Gasteiger partial charge in [0.05, 0.1) is 22.5 Å². The Labute approximate surface area is 177 Å². The zero-order valence-electron chi connectivity index (χ0n) is 16.9. The number of fused-ring (bicyclic) bond motifs is 1. The van der Waals surface area contributed by atoms with Crippen LogP contribution < -0.4 is 15.2 Å². The molecule has 0 bridgehead atoms. The summed E-state index contributed by atoms with van der Waals surface area (Å²) in [5.41, 5.74) is 4.21. The first-order valence-electron chi connectivity index (χ1n) is 9.61. The Morgan fingerprint density at radius 2 is 1.87 bits per heavy atom. The van der Waals surface area contributed by atoms with E-state index in [1.807, 2.05) is 36.1 Å². The smallest absolute Gasteiger partial charge is 0.335 e. The monoisotopic (exact) mass is 417 g/mol. The van der Waals surface area contributed by atoms with Gasteiger partial charge in [0, 0.05) is 19.5 Å². The van der Waals surface area contributed by atoms with Crippen LogP contribution >= 0.6 is 0 Å². The highest BCUT2D eigenvalue weighted by Gasteiger charge is 2.24. The Morgan fingerprint density at radius 3 is 2.52 bits per heavy atom. The summed E-state index contributed by atoms with van der Waals surface area (Å²) in [6.45, 7) is 3.96. The van der Waals surface area contributed by atoms with Crippen LogP contribution in [0.5, 0.6) is 5.75 Å². The molecule has 0 spiro atoms. The predicted molar refractivity (Wildman–Crippen MR) is 115 cm³/mol. The first kappa shape index (κ1) is 20.0. The number of carboxylic acid groups (broad SMARTS) is 1. The molecule has 1 aromatic heterocycles. The lowest BCUT2D eigenvalue weighted by Crippen LogP contribution is -2.18. The van der Waals surface area contributed by atoms with Crippen LogP contribution in [-0.4, -0.2) is 33.2 Å². The third-order valence-corrected chi connectivity index (χ3v) is 4.92. The number of carbonyl (C=O) groups excluding carboxylic acids is 1. The maximum absolute atomic E-state index is 13.0. The van der Waals surface area contributed by atoms with Crippen LogP contribution in [0.4, 0.5) is 5.69 Å². The minimum Gasteiger partial charge on any atom is -0.478 e. The molecule has 0 radical (unpaired) electrons. The number of carbonyl (C=O) groups is 2.